The Bertz CT molecular complexity index is 579. The number of hydrogen-bond donors (Lipinski definition) is 1. The Kier molecular flexibility index (Phi) is 5.20. The van der Waals surface area contributed by atoms with Gasteiger partial charge in [0, 0.05) is 24.1 Å². The van der Waals surface area contributed by atoms with Crippen molar-refractivity contribution in [2.45, 2.75) is 40.2 Å². The highest BCUT2D eigenvalue weighted by molar-refractivity contribution is 5.54. The van der Waals surface area contributed by atoms with Crippen LogP contribution in [0.1, 0.15) is 36.6 Å². The van der Waals surface area contributed by atoms with E-state index in [0.29, 0.717) is 0 Å². The van der Waals surface area contributed by atoms with Crippen LogP contribution in [0.25, 0.3) is 0 Å². The summed E-state index contributed by atoms with van der Waals surface area (Å²) in [5.41, 5.74) is 11.5. The van der Waals surface area contributed by atoms with Crippen molar-refractivity contribution in [1.82, 2.24) is 4.98 Å². The fourth-order valence-electron chi connectivity index (χ4n) is 2.42. The second-order valence-corrected chi connectivity index (χ2v) is 5.54. The Hall–Kier alpha value is -2.03. The number of nitrogens with two attached hydrogens (primary N) is 1. The monoisotopic (exact) mass is 283 g/mol. The first-order chi connectivity index (χ1) is 10.1. The third kappa shape index (κ3) is 3.75. The van der Waals surface area contributed by atoms with Crippen molar-refractivity contribution in [3.8, 4) is 0 Å². The number of para-hydroxylation sites is 1. The van der Waals surface area contributed by atoms with E-state index in [1.807, 2.05) is 13.1 Å². The van der Waals surface area contributed by atoms with Gasteiger partial charge in [-0.05, 0) is 43.5 Å². The van der Waals surface area contributed by atoms with Crippen molar-refractivity contribution in [1.29, 1.82) is 0 Å². The summed E-state index contributed by atoms with van der Waals surface area (Å²) in [6.45, 7) is 8.13. The normalized spacial score (nSPS) is 10.6. The first-order valence-corrected chi connectivity index (χ1v) is 7.64. The van der Waals surface area contributed by atoms with E-state index in [4.69, 9.17) is 5.73 Å². The average molecular weight is 283 g/mol. The predicted molar refractivity (Wildman–Crippen MR) is 90.5 cm³/mol. The molecule has 2 N–H and O–H groups in total. The molecule has 2 aromatic rings. The summed E-state index contributed by atoms with van der Waals surface area (Å²) in [6, 6.07) is 10.5. The number of benzene rings is 1. The van der Waals surface area contributed by atoms with Gasteiger partial charge in [0.1, 0.15) is 0 Å². The number of pyridine rings is 1. The summed E-state index contributed by atoms with van der Waals surface area (Å²) in [5, 5.41) is 0. The highest BCUT2D eigenvalue weighted by Crippen LogP contribution is 2.22. The Morgan fingerprint density at radius 1 is 1.14 bits per heavy atom. The van der Waals surface area contributed by atoms with Gasteiger partial charge in [-0.25, -0.2) is 0 Å². The molecule has 0 saturated heterocycles. The molecule has 112 valence electrons. The molecule has 3 heteroatoms. The van der Waals surface area contributed by atoms with E-state index < -0.39 is 0 Å². The van der Waals surface area contributed by atoms with Gasteiger partial charge in [-0.3, -0.25) is 4.98 Å². The van der Waals surface area contributed by atoms with E-state index in [1.165, 1.54) is 18.5 Å². The lowest BCUT2D eigenvalue weighted by Crippen LogP contribution is -2.25. The molecule has 0 aliphatic rings. The number of aromatic nitrogens is 1. The number of aryl methyl sites for hydroxylation is 1. The van der Waals surface area contributed by atoms with Gasteiger partial charge in [-0.15, -0.1) is 0 Å². The van der Waals surface area contributed by atoms with Crippen molar-refractivity contribution in [2.24, 2.45) is 0 Å². The first-order valence-electron chi connectivity index (χ1n) is 7.64. The molecule has 0 spiro atoms. The zero-order chi connectivity index (χ0) is 15.2. The molecule has 21 heavy (non-hydrogen) atoms. The summed E-state index contributed by atoms with van der Waals surface area (Å²) in [6.07, 6.45) is 4.24. The summed E-state index contributed by atoms with van der Waals surface area (Å²) in [4.78, 5) is 6.97. The van der Waals surface area contributed by atoms with Crippen LogP contribution in [0.5, 0.6) is 0 Å². The van der Waals surface area contributed by atoms with E-state index in [1.54, 1.807) is 0 Å². The minimum atomic E-state index is 0.806. The zero-order valence-corrected chi connectivity index (χ0v) is 13.3. The van der Waals surface area contributed by atoms with E-state index in [2.05, 4.69) is 54.1 Å². The summed E-state index contributed by atoms with van der Waals surface area (Å²) >= 11 is 0. The molecule has 1 aromatic carbocycles. The number of rotatable bonds is 6. The smallest absolute Gasteiger partial charge is 0.0646 e. The van der Waals surface area contributed by atoms with Gasteiger partial charge < -0.3 is 10.6 Å². The van der Waals surface area contributed by atoms with Crippen molar-refractivity contribution in [3.05, 3.63) is 53.3 Å². The number of nitrogen functional groups attached to an aromatic ring is 1. The Morgan fingerprint density at radius 3 is 2.52 bits per heavy atom. The highest BCUT2D eigenvalue weighted by Gasteiger charge is 2.12. The van der Waals surface area contributed by atoms with Crippen LogP contribution < -0.4 is 10.6 Å². The third-order valence-electron chi connectivity index (χ3n) is 3.92. The number of unbranched alkanes of at least 4 members (excludes halogenated alkanes) is 1. The van der Waals surface area contributed by atoms with Crippen LogP contribution in [0.2, 0.25) is 0 Å². The fraction of sp³-hybridized carbons (Fsp3) is 0.389. The maximum Gasteiger partial charge on any atom is 0.0646 e. The Balaban J connectivity index is 2.25. The van der Waals surface area contributed by atoms with Crippen LogP contribution in [0, 0.1) is 13.8 Å². The van der Waals surface area contributed by atoms with Gasteiger partial charge in [0.05, 0.1) is 12.2 Å². The molecule has 0 amide bonds. The molecule has 0 radical (unpaired) electrons. The Labute approximate surface area is 127 Å². The molecule has 0 aliphatic heterocycles. The largest absolute Gasteiger partial charge is 0.398 e. The minimum absolute atomic E-state index is 0.806. The van der Waals surface area contributed by atoms with Gasteiger partial charge in [0.2, 0.25) is 0 Å². The van der Waals surface area contributed by atoms with Crippen LogP contribution in [0.3, 0.4) is 0 Å². The zero-order valence-electron chi connectivity index (χ0n) is 13.3. The van der Waals surface area contributed by atoms with E-state index in [0.717, 1.165) is 35.6 Å². The SMILES string of the molecule is CCCCN(Cc1ncc(C)c(N)c1C)c1ccccc1. The quantitative estimate of drug-likeness (QED) is 0.868. The van der Waals surface area contributed by atoms with E-state index in [9.17, 15) is 0 Å². The van der Waals surface area contributed by atoms with Crippen molar-refractivity contribution >= 4 is 11.4 Å². The van der Waals surface area contributed by atoms with E-state index >= 15 is 0 Å². The van der Waals surface area contributed by atoms with Crippen LogP contribution in [0.15, 0.2) is 36.5 Å². The van der Waals surface area contributed by atoms with Crippen molar-refractivity contribution < 1.29 is 0 Å². The molecule has 3 nitrogen and oxygen atoms in total. The number of hydrogen-bond acceptors (Lipinski definition) is 3. The molecule has 0 aliphatic carbocycles. The maximum absolute atomic E-state index is 6.14. The predicted octanol–water partition coefficient (Wildman–Crippen LogP) is 4.09. The summed E-state index contributed by atoms with van der Waals surface area (Å²) in [5.74, 6) is 0. The third-order valence-corrected chi connectivity index (χ3v) is 3.92. The fourth-order valence-corrected chi connectivity index (χ4v) is 2.42. The lowest BCUT2D eigenvalue weighted by Gasteiger charge is -2.25. The molecule has 0 fully saturated rings. The van der Waals surface area contributed by atoms with Crippen LogP contribution >= 0.6 is 0 Å². The molecular formula is C18H25N3. The van der Waals surface area contributed by atoms with Gasteiger partial charge in [0.15, 0.2) is 0 Å². The molecule has 2 rings (SSSR count). The van der Waals surface area contributed by atoms with Crippen molar-refractivity contribution in [2.75, 3.05) is 17.2 Å². The summed E-state index contributed by atoms with van der Waals surface area (Å²) in [7, 11) is 0. The van der Waals surface area contributed by atoms with E-state index in [-0.39, 0.29) is 0 Å². The molecule has 0 saturated carbocycles. The molecule has 0 unspecified atom stereocenters. The van der Waals surface area contributed by atoms with Crippen LogP contribution in [0.4, 0.5) is 11.4 Å². The van der Waals surface area contributed by atoms with Crippen LogP contribution in [-0.2, 0) is 6.54 Å². The summed E-state index contributed by atoms with van der Waals surface area (Å²) < 4.78 is 0. The molecule has 0 atom stereocenters. The molecule has 0 bridgehead atoms. The van der Waals surface area contributed by atoms with Crippen LogP contribution in [-0.4, -0.2) is 11.5 Å². The minimum Gasteiger partial charge on any atom is -0.398 e. The van der Waals surface area contributed by atoms with Gasteiger partial charge in [-0.1, -0.05) is 31.5 Å². The number of nitrogens with zero attached hydrogens (tertiary/aromatic N) is 2. The van der Waals surface area contributed by atoms with Gasteiger partial charge in [-0.2, -0.15) is 0 Å². The Morgan fingerprint density at radius 2 is 1.86 bits per heavy atom. The van der Waals surface area contributed by atoms with Crippen molar-refractivity contribution in [3.63, 3.8) is 0 Å². The molecule has 1 heterocycles. The van der Waals surface area contributed by atoms with Gasteiger partial charge >= 0.3 is 0 Å². The lowest BCUT2D eigenvalue weighted by molar-refractivity contribution is 0.706. The maximum atomic E-state index is 6.14. The second-order valence-electron chi connectivity index (χ2n) is 5.54. The lowest BCUT2D eigenvalue weighted by atomic mass is 10.1. The topological polar surface area (TPSA) is 42.2 Å². The molecule has 1 aromatic heterocycles. The average Bonchev–Trinajstić information content (AvgIpc) is 2.52. The molecular weight excluding hydrogens is 258 g/mol. The van der Waals surface area contributed by atoms with Gasteiger partial charge in [0.25, 0.3) is 0 Å². The first kappa shape index (κ1) is 15.4. The second kappa shape index (κ2) is 7.11. The number of anilines is 2. The standard InChI is InChI=1S/C18H25N3/c1-4-5-11-21(16-9-7-6-8-10-16)13-17-15(3)18(19)14(2)12-20-17/h6-10,12H,4-5,11,13H2,1-3H3,(H2,19,20). The highest BCUT2D eigenvalue weighted by atomic mass is 15.1.